The summed E-state index contributed by atoms with van der Waals surface area (Å²) in [5.74, 6) is -1.00. The molecule has 67 heavy (non-hydrogen) atoms. The largest absolute Gasteiger partial charge is 0.462 e. The van der Waals surface area contributed by atoms with E-state index < -0.39 is 6.10 Å². The lowest BCUT2D eigenvalue weighted by molar-refractivity contribution is -0.167. The third kappa shape index (κ3) is 53.4. The average molecular weight is 933 g/mol. The lowest BCUT2D eigenvalue weighted by Crippen LogP contribution is -2.30. The molecule has 0 saturated carbocycles. The fraction of sp³-hybridized carbons (Fsp3) is 0.721. The van der Waals surface area contributed by atoms with Crippen molar-refractivity contribution in [2.24, 2.45) is 0 Å². The van der Waals surface area contributed by atoms with Gasteiger partial charge in [-0.05, 0) is 116 Å². The van der Waals surface area contributed by atoms with E-state index in [1.807, 2.05) is 0 Å². The van der Waals surface area contributed by atoms with Gasteiger partial charge in [0, 0.05) is 19.3 Å². The van der Waals surface area contributed by atoms with Gasteiger partial charge < -0.3 is 14.2 Å². The number of unbranched alkanes of at least 4 members (excludes halogenated alkanes) is 25. The Morgan fingerprint density at radius 3 is 0.970 bits per heavy atom. The van der Waals surface area contributed by atoms with Crippen molar-refractivity contribution >= 4 is 17.9 Å². The number of hydrogen-bond acceptors (Lipinski definition) is 6. The Bertz CT molecular complexity index is 1300. The lowest BCUT2D eigenvalue weighted by atomic mass is 10.1. The molecule has 0 fully saturated rings. The Morgan fingerprint density at radius 1 is 0.299 bits per heavy atom. The van der Waals surface area contributed by atoms with Gasteiger partial charge in [0.2, 0.25) is 0 Å². The fourth-order valence-corrected chi connectivity index (χ4v) is 7.58. The first-order chi connectivity index (χ1) is 33.0. The maximum Gasteiger partial charge on any atom is 0.306 e. The highest BCUT2D eigenvalue weighted by Crippen LogP contribution is 2.13. The highest BCUT2D eigenvalue weighted by atomic mass is 16.6. The Kier molecular flexibility index (Phi) is 52.4. The predicted octanol–water partition coefficient (Wildman–Crippen LogP) is 18.8. The molecule has 6 nitrogen and oxygen atoms in total. The molecule has 0 aromatic heterocycles. The molecule has 0 saturated heterocycles. The minimum Gasteiger partial charge on any atom is -0.462 e. The van der Waals surface area contributed by atoms with E-state index >= 15 is 0 Å². The summed E-state index contributed by atoms with van der Waals surface area (Å²) in [5, 5.41) is 0. The van der Waals surface area contributed by atoms with Crippen molar-refractivity contribution in [3.8, 4) is 0 Å². The van der Waals surface area contributed by atoms with Gasteiger partial charge in [-0.15, -0.1) is 0 Å². The van der Waals surface area contributed by atoms with E-state index in [0.717, 1.165) is 64.2 Å². The van der Waals surface area contributed by atoms with Gasteiger partial charge in [0.25, 0.3) is 0 Å². The monoisotopic (exact) mass is 933 g/mol. The van der Waals surface area contributed by atoms with Gasteiger partial charge >= 0.3 is 17.9 Å². The third-order valence-electron chi connectivity index (χ3n) is 11.8. The SMILES string of the molecule is CCCCC/C=C\C/C=C\C/C=C\CCCCC(=O)O[C@H](COC(=O)CCC/C=C\C/C=C\C/C=C\CCCCCCCC)COC(=O)CCCCCCCCC/C=C\CCCCCCCC. The Balaban J connectivity index is 4.51. The molecule has 0 aliphatic rings. The van der Waals surface area contributed by atoms with E-state index in [4.69, 9.17) is 14.2 Å². The minimum absolute atomic E-state index is 0.110. The van der Waals surface area contributed by atoms with Gasteiger partial charge in [-0.2, -0.15) is 0 Å². The number of allylic oxidation sites excluding steroid dienone is 14. The molecule has 0 heterocycles. The molecule has 0 amide bonds. The van der Waals surface area contributed by atoms with Gasteiger partial charge in [-0.1, -0.05) is 215 Å². The van der Waals surface area contributed by atoms with Gasteiger partial charge in [-0.3, -0.25) is 14.4 Å². The highest BCUT2D eigenvalue weighted by Gasteiger charge is 2.19. The van der Waals surface area contributed by atoms with Crippen LogP contribution in [0.25, 0.3) is 0 Å². The first-order valence-electron chi connectivity index (χ1n) is 28.1. The zero-order valence-corrected chi connectivity index (χ0v) is 43.9. The number of carbonyl (C=O) groups is 3. The molecular weight excluding hydrogens is 829 g/mol. The second-order valence-corrected chi connectivity index (χ2v) is 18.5. The molecule has 0 N–H and O–H groups in total. The maximum absolute atomic E-state index is 12.8. The summed E-state index contributed by atoms with van der Waals surface area (Å²) in [6.45, 7) is 6.53. The first kappa shape index (κ1) is 63.6. The van der Waals surface area contributed by atoms with Crippen LogP contribution in [0.5, 0.6) is 0 Å². The van der Waals surface area contributed by atoms with Crippen molar-refractivity contribution in [2.45, 2.75) is 271 Å². The van der Waals surface area contributed by atoms with Crippen LogP contribution >= 0.6 is 0 Å². The van der Waals surface area contributed by atoms with Crippen molar-refractivity contribution in [2.75, 3.05) is 13.2 Å². The van der Waals surface area contributed by atoms with E-state index in [0.29, 0.717) is 19.3 Å². The van der Waals surface area contributed by atoms with Crippen LogP contribution in [-0.2, 0) is 28.6 Å². The second-order valence-electron chi connectivity index (χ2n) is 18.5. The normalized spacial score (nSPS) is 12.7. The van der Waals surface area contributed by atoms with Crippen molar-refractivity contribution < 1.29 is 28.6 Å². The number of esters is 3. The molecule has 0 aliphatic carbocycles. The number of ether oxygens (including phenoxy) is 3. The second kappa shape index (κ2) is 55.2. The molecule has 0 radical (unpaired) electrons. The van der Waals surface area contributed by atoms with Crippen LogP contribution in [-0.4, -0.2) is 37.2 Å². The van der Waals surface area contributed by atoms with Gasteiger partial charge in [0.1, 0.15) is 13.2 Å². The van der Waals surface area contributed by atoms with Crippen LogP contribution < -0.4 is 0 Å². The quantitative estimate of drug-likeness (QED) is 0.0262. The van der Waals surface area contributed by atoms with Crippen molar-refractivity contribution in [3.63, 3.8) is 0 Å². The van der Waals surface area contributed by atoms with Crippen LogP contribution in [0.4, 0.5) is 0 Å². The smallest absolute Gasteiger partial charge is 0.306 e. The molecule has 0 rings (SSSR count). The molecular formula is C61H104O6. The molecule has 6 heteroatoms. The van der Waals surface area contributed by atoms with Crippen molar-refractivity contribution in [1.29, 1.82) is 0 Å². The van der Waals surface area contributed by atoms with Crippen molar-refractivity contribution in [1.82, 2.24) is 0 Å². The van der Waals surface area contributed by atoms with E-state index in [1.165, 1.54) is 148 Å². The summed E-state index contributed by atoms with van der Waals surface area (Å²) in [6.07, 6.45) is 71.5. The summed E-state index contributed by atoms with van der Waals surface area (Å²) in [6, 6.07) is 0. The van der Waals surface area contributed by atoms with E-state index in [1.54, 1.807) is 0 Å². The maximum atomic E-state index is 12.8. The highest BCUT2D eigenvalue weighted by molar-refractivity contribution is 5.71. The van der Waals surface area contributed by atoms with Crippen LogP contribution in [0.1, 0.15) is 265 Å². The van der Waals surface area contributed by atoms with Gasteiger partial charge in [-0.25, -0.2) is 0 Å². The standard InChI is InChI=1S/C61H104O6/c1-4-7-10-13-16-19-22-25-28-30-33-35-38-41-44-47-50-53-59(62)65-56-58(67-61(64)55-52-49-46-43-40-37-32-27-24-21-18-15-12-9-6-3)57-66-60(63)54-51-48-45-42-39-36-34-31-29-26-23-20-17-14-11-8-5-2/h18,21,25-29,32-33,35,40-41,43-44,58H,4-17,19-20,22-24,30-31,34,36-39,42,45-57H2,1-3H3/b21-18-,28-25-,29-26-,32-27-,35-33-,43-40-,44-41-/t58-/m1/s1. The molecule has 0 bridgehead atoms. The fourth-order valence-electron chi connectivity index (χ4n) is 7.58. The van der Waals surface area contributed by atoms with Crippen LogP contribution in [0.3, 0.4) is 0 Å². The zero-order valence-electron chi connectivity index (χ0n) is 43.9. The molecule has 0 aliphatic heterocycles. The number of hydrogen-bond donors (Lipinski definition) is 0. The Hall–Kier alpha value is -3.41. The summed E-state index contributed by atoms with van der Waals surface area (Å²) < 4.78 is 16.8. The summed E-state index contributed by atoms with van der Waals surface area (Å²) in [5.41, 5.74) is 0. The molecule has 0 spiro atoms. The molecule has 0 aromatic carbocycles. The predicted molar refractivity (Wildman–Crippen MR) is 288 cm³/mol. The summed E-state index contributed by atoms with van der Waals surface area (Å²) in [7, 11) is 0. The molecule has 384 valence electrons. The van der Waals surface area contributed by atoms with Crippen LogP contribution in [0.2, 0.25) is 0 Å². The summed E-state index contributed by atoms with van der Waals surface area (Å²) >= 11 is 0. The number of carbonyl (C=O) groups excluding carboxylic acids is 3. The average Bonchev–Trinajstić information content (AvgIpc) is 3.33. The first-order valence-corrected chi connectivity index (χ1v) is 28.1. The lowest BCUT2D eigenvalue weighted by Gasteiger charge is -2.18. The van der Waals surface area contributed by atoms with Gasteiger partial charge in [0.15, 0.2) is 6.10 Å². The molecule has 0 unspecified atom stereocenters. The topological polar surface area (TPSA) is 78.9 Å². The Morgan fingerprint density at radius 2 is 0.552 bits per heavy atom. The van der Waals surface area contributed by atoms with Crippen LogP contribution in [0, 0.1) is 0 Å². The van der Waals surface area contributed by atoms with E-state index in [2.05, 4.69) is 106 Å². The Labute approximate surface area is 414 Å². The van der Waals surface area contributed by atoms with Crippen LogP contribution in [0.15, 0.2) is 85.1 Å². The third-order valence-corrected chi connectivity index (χ3v) is 11.8. The van der Waals surface area contributed by atoms with Crippen molar-refractivity contribution in [3.05, 3.63) is 85.1 Å². The minimum atomic E-state index is -0.819. The molecule has 1 atom stereocenters. The zero-order chi connectivity index (χ0) is 48.6. The van der Waals surface area contributed by atoms with Gasteiger partial charge in [0.05, 0.1) is 0 Å². The summed E-state index contributed by atoms with van der Waals surface area (Å²) in [4.78, 5) is 38.1. The number of rotatable bonds is 50. The molecule has 0 aromatic rings. The van der Waals surface area contributed by atoms with E-state index in [-0.39, 0.29) is 44.0 Å². The van der Waals surface area contributed by atoms with E-state index in [9.17, 15) is 14.4 Å².